The maximum atomic E-state index is 14.3. The van der Waals surface area contributed by atoms with Crippen LogP contribution in [0.5, 0.6) is 5.75 Å². The van der Waals surface area contributed by atoms with Crippen LogP contribution in [0.4, 0.5) is 4.79 Å². The number of fused-ring (bicyclic) bond motifs is 2. The van der Waals surface area contributed by atoms with Crippen molar-refractivity contribution in [1.29, 1.82) is 0 Å². The van der Waals surface area contributed by atoms with Crippen LogP contribution in [0.2, 0.25) is 0 Å². The molecule has 0 spiro atoms. The number of amides is 4. The molecule has 0 radical (unpaired) electrons. The normalized spacial score (nSPS) is 19.8. The second-order valence-corrected chi connectivity index (χ2v) is 11.1. The fourth-order valence-electron chi connectivity index (χ4n) is 6.16. The van der Waals surface area contributed by atoms with E-state index in [4.69, 9.17) is 0 Å². The lowest BCUT2D eigenvalue weighted by Gasteiger charge is -2.55. The standard InChI is InChI=1S/C33H34N6O4/c1-22(27-12-6-10-25-11-7-17-34-31(25)27)37-20-29-38(28(32(37)42)18-23-13-15-26(40)16-14-23)30(41)21-36(2)39(29)33(43)35-19-24-8-4-3-5-9-24/h3-17,22,28-29,40H,18-21H2,1-2H3,(H,35,43)/t22-,28+,29-/m1/s1. The average molecular weight is 579 g/mol. The van der Waals surface area contributed by atoms with Crippen LogP contribution in [-0.2, 0) is 22.6 Å². The Kier molecular flexibility index (Phi) is 7.69. The molecule has 1 aromatic heterocycles. The van der Waals surface area contributed by atoms with Gasteiger partial charge in [-0.15, -0.1) is 0 Å². The van der Waals surface area contributed by atoms with Crippen LogP contribution in [0.3, 0.4) is 0 Å². The van der Waals surface area contributed by atoms with Gasteiger partial charge in [-0.3, -0.25) is 14.6 Å². The molecule has 0 unspecified atom stereocenters. The first kappa shape index (κ1) is 28.2. The molecule has 220 valence electrons. The number of likely N-dealkylation sites (N-methyl/N-ethyl adjacent to an activating group) is 1. The Morgan fingerprint density at radius 2 is 1.72 bits per heavy atom. The third kappa shape index (κ3) is 5.49. The van der Waals surface area contributed by atoms with E-state index in [1.165, 1.54) is 0 Å². The van der Waals surface area contributed by atoms with Crippen LogP contribution in [0.1, 0.15) is 29.7 Å². The lowest BCUT2D eigenvalue weighted by atomic mass is 9.95. The maximum absolute atomic E-state index is 14.3. The summed E-state index contributed by atoms with van der Waals surface area (Å²) >= 11 is 0. The first-order valence-electron chi connectivity index (χ1n) is 14.4. The van der Waals surface area contributed by atoms with E-state index in [1.54, 1.807) is 57.3 Å². The average Bonchev–Trinajstić information content (AvgIpc) is 3.02. The molecule has 10 nitrogen and oxygen atoms in total. The van der Waals surface area contributed by atoms with Crippen molar-refractivity contribution in [3.8, 4) is 5.75 Å². The molecule has 4 amide bonds. The van der Waals surface area contributed by atoms with Crippen molar-refractivity contribution in [1.82, 2.24) is 30.1 Å². The Morgan fingerprint density at radius 3 is 2.49 bits per heavy atom. The number of rotatable bonds is 6. The van der Waals surface area contributed by atoms with E-state index in [1.807, 2.05) is 67.6 Å². The van der Waals surface area contributed by atoms with Crippen LogP contribution in [-0.4, -0.2) is 80.1 Å². The molecule has 0 aliphatic carbocycles. The number of phenols is 1. The highest BCUT2D eigenvalue weighted by Gasteiger charge is 2.51. The fraction of sp³-hybridized carbons (Fsp3) is 0.273. The van der Waals surface area contributed by atoms with Gasteiger partial charge in [-0.25, -0.2) is 14.8 Å². The van der Waals surface area contributed by atoms with Crippen molar-refractivity contribution < 1.29 is 19.5 Å². The number of carbonyl (C=O) groups excluding carboxylic acids is 3. The summed E-state index contributed by atoms with van der Waals surface area (Å²) in [5.41, 5.74) is 3.44. The minimum absolute atomic E-state index is 0.0442. The number of carbonyl (C=O) groups is 3. The fourth-order valence-corrected chi connectivity index (χ4v) is 6.16. The lowest BCUT2D eigenvalue weighted by molar-refractivity contribution is -0.189. The molecule has 2 fully saturated rings. The summed E-state index contributed by atoms with van der Waals surface area (Å²) in [6.07, 6.45) is 1.24. The Bertz CT molecular complexity index is 1640. The molecule has 3 atom stereocenters. The number of urea groups is 1. The summed E-state index contributed by atoms with van der Waals surface area (Å²) in [4.78, 5) is 49.6. The van der Waals surface area contributed by atoms with Gasteiger partial charge in [-0.2, -0.15) is 0 Å². The third-order valence-electron chi connectivity index (χ3n) is 8.33. The molecule has 6 rings (SSSR count). The Labute approximate surface area is 250 Å². The highest BCUT2D eigenvalue weighted by atomic mass is 16.3. The summed E-state index contributed by atoms with van der Waals surface area (Å²) in [5.74, 6) is -0.310. The predicted molar refractivity (Wildman–Crippen MR) is 161 cm³/mol. The van der Waals surface area contributed by atoms with Gasteiger partial charge in [0.15, 0.2) is 0 Å². The second kappa shape index (κ2) is 11.7. The van der Waals surface area contributed by atoms with Gasteiger partial charge in [0.05, 0.1) is 24.6 Å². The summed E-state index contributed by atoms with van der Waals surface area (Å²) in [6.45, 7) is 2.37. The van der Waals surface area contributed by atoms with Gasteiger partial charge >= 0.3 is 6.03 Å². The van der Waals surface area contributed by atoms with Crippen LogP contribution in [0.15, 0.2) is 91.1 Å². The zero-order valence-electron chi connectivity index (χ0n) is 24.1. The summed E-state index contributed by atoms with van der Waals surface area (Å²) in [6, 6.07) is 24.4. The van der Waals surface area contributed by atoms with E-state index in [-0.39, 0.29) is 49.1 Å². The topological polar surface area (TPSA) is 109 Å². The molecule has 3 aromatic carbocycles. The maximum Gasteiger partial charge on any atom is 0.334 e. The SMILES string of the molecule is C[C@H](c1cccc2cccnc12)N1C[C@@H]2N(C(=O)CN(C)N2C(=O)NCc2ccccc2)[C@@H](Cc2ccc(O)cc2)C1=O. The number of nitrogens with zero attached hydrogens (tertiary/aromatic N) is 5. The molecule has 4 aromatic rings. The van der Waals surface area contributed by atoms with E-state index < -0.39 is 12.2 Å². The molecule has 43 heavy (non-hydrogen) atoms. The van der Waals surface area contributed by atoms with E-state index in [9.17, 15) is 19.5 Å². The number of piperazine rings is 1. The summed E-state index contributed by atoms with van der Waals surface area (Å²) in [7, 11) is 1.71. The van der Waals surface area contributed by atoms with Crippen molar-refractivity contribution in [3.05, 3.63) is 108 Å². The number of hydrogen-bond donors (Lipinski definition) is 2. The van der Waals surface area contributed by atoms with Gasteiger partial charge in [0.25, 0.3) is 0 Å². The van der Waals surface area contributed by atoms with Gasteiger partial charge in [0.2, 0.25) is 11.8 Å². The zero-order chi connectivity index (χ0) is 30.1. The van der Waals surface area contributed by atoms with Crippen LogP contribution in [0, 0.1) is 0 Å². The number of benzene rings is 3. The van der Waals surface area contributed by atoms with Crippen LogP contribution in [0.25, 0.3) is 10.9 Å². The van der Waals surface area contributed by atoms with Gasteiger partial charge in [0, 0.05) is 37.2 Å². The quantitative estimate of drug-likeness (QED) is 0.361. The molecule has 2 aliphatic heterocycles. The largest absolute Gasteiger partial charge is 0.508 e. The monoisotopic (exact) mass is 578 g/mol. The Hall–Kier alpha value is -4.96. The highest BCUT2D eigenvalue weighted by molar-refractivity contribution is 5.92. The number of aromatic hydroxyl groups is 1. The van der Waals surface area contributed by atoms with Crippen molar-refractivity contribution in [2.75, 3.05) is 20.1 Å². The number of para-hydroxylation sites is 1. The number of pyridine rings is 1. The van der Waals surface area contributed by atoms with Gasteiger partial charge in [-0.1, -0.05) is 66.7 Å². The van der Waals surface area contributed by atoms with Crippen LogP contribution < -0.4 is 5.32 Å². The molecule has 2 aliphatic rings. The lowest BCUT2D eigenvalue weighted by Crippen LogP contribution is -2.76. The molecule has 0 saturated carbocycles. The zero-order valence-corrected chi connectivity index (χ0v) is 24.1. The van der Waals surface area contributed by atoms with Crippen molar-refractivity contribution in [2.45, 2.75) is 38.1 Å². The highest BCUT2D eigenvalue weighted by Crippen LogP contribution is 2.34. The molecule has 2 N–H and O–H groups in total. The van der Waals surface area contributed by atoms with Gasteiger partial charge in [0.1, 0.15) is 18.0 Å². The van der Waals surface area contributed by atoms with E-state index in [0.717, 1.165) is 27.6 Å². The number of phenolic OH excluding ortho intramolecular Hbond substituents is 1. The van der Waals surface area contributed by atoms with Crippen molar-refractivity contribution in [3.63, 3.8) is 0 Å². The van der Waals surface area contributed by atoms with Gasteiger partial charge < -0.3 is 20.2 Å². The second-order valence-electron chi connectivity index (χ2n) is 11.1. The number of hydrogen-bond acceptors (Lipinski definition) is 6. The van der Waals surface area contributed by atoms with E-state index in [0.29, 0.717) is 6.54 Å². The predicted octanol–water partition coefficient (Wildman–Crippen LogP) is 3.68. The van der Waals surface area contributed by atoms with Gasteiger partial charge in [-0.05, 0) is 36.2 Å². The molecule has 0 bridgehead atoms. The minimum Gasteiger partial charge on any atom is -0.508 e. The third-order valence-corrected chi connectivity index (χ3v) is 8.33. The Balaban J connectivity index is 1.37. The summed E-state index contributed by atoms with van der Waals surface area (Å²) in [5, 5.41) is 17.0. The van der Waals surface area contributed by atoms with Crippen molar-refractivity contribution >= 4 is 28.7 Å². The number of aromatic nitrogens is 1. The molecule has 10 heteroatoms. The smallest absolute Gasteiger partial charge is 0.334 e. The van der Waals surface area contributed by atoms with E-state index in [2.05, 4.69) is 10.3 Å². The number of hydrazine groups is 1. The number of nitrogens with one attached hydrogen (secondary N) is 1. The molecule has 2 saturated heterocycles. The molecular weight excluding hydrogens is 544 g/mol. The first-order chi connectivity index (χ1) is 20.8. The van der Waals surface area contributed by atoms with Crippen molar-refractivity contribution in [2.24, 2.45) is 0 Å². The van der Waals surface area contributed by atoms with Crippen LogP contribution >= 0.6 is 0 Å². The summed E-state index contributed by atoms with van der Waals surface area (Å²) < 4.78 is 0. The minimum atomic E-state index is -0.848. The van der Waals surface area contributed by atoms with E-state index >= 15 is 0 Å². The first-order valence-corrected chi connectivity index (χ1v) is 14.4. The molecular formula is C33H34N6O4. The molecule has 3 heterocycles. The Morgan fingerprint density at radius 1 is 0.977 bits per heavy atom.